The summed E-state index contributed by atoms with van der Waals surface area (Å²) in [6.45, 7) is 9.74. The molecule has 0 amide bonds. The predicted molar refractivity (Wildman–Crippen MR) is 141 cm³/mol. The first-order valence-electron chi connectivity index (χ1n) is 12.7. The van der Waals surface area contributed by atoms with Crippen molar-refractivity contribution in [3.63, 3.8) is 0 Å². The van der Waals surface area contributed by atoms with E-state index in [0.29, 0.717) is 17.7 Å². The van der Waals surface area contributed by atoms with E-state index in [0.717, 1.165) is 17.2 Å². The lowest BCUT2D eigenvalue weighted by Crippen LogP contribution is -2.45. The first-order valence-corrected chi connectivity index (χ1v) is 13.6. The molecule has 38 heavy (non-hydrogen) atoms. The molecule has 0 aliphatic carbocycles. The third kappa shape index (κ3) is 8.61. The summed E-state index contributed by atoms with van der Waals surface area (Å²) in [6, 6.07) is 0. The third-order valence-electron chi connectivity index (χ3n) is 7.10. The van der Waals surface area contributed by atoms with E-state index in [1.165, 1.54) is 31.3 Å². The van der Waals surface area contributed by atoms with Crippen molar-refractivity contribution in [2.45, 2.75) is 91.7 Å². The molecule has 0 saturated carbocycles. The van der Waals surface area contributed by atoms with Gasteiger partial charge in [0.1, 0.15) is 11.9 Å². The number of thiazole rings is 1. The Hall–Kier alpha value is -2.30. The van der Waals surface area contributed by atoms with Crippen molar-refractivity contribution >= 4 is 29.2 Å². The van der Waals surface area contributed by atoms with Crippen LogP contribution in [0, 0.1) is 24.2 Å². The summed E-state index contributed by atoms with van der Waals surface area (Å²) in [6.07, 6.45) is -3.29. The van der Waals surface area contributed by atoms with Gasteiger partial charge < -0.3 is 14.9 Å². The van der Waals surface area contributed by atoms with Gasteiger partial charge in [-0.2, -0.15) is 13.2 Å². The normalized spacial score (nSPS) is 31.2. The molecule has 1 aliphatic rings. The second kappa shape index (κ2) is 13.2. The van der Waals surface area contributed by atoms with E-state index in [1.807, 2.05) is 6.92 Å². The molecule has 5 atom stereocenters. The van der Waals surface area contributed by atoms with Gasteiger partial charge in [0.15, 0.2) is 0 Å². The smallest absolute Gasteiger partial charge is 0.416 e. The lowest BCUT2D eigenvalue weighted by molar-refractivity contribution is -0.154. The molecular weight excluding hydrogens is 519 g/mol. The second-order valence-electron chi connectivity index (χ2n) is 10.6. The molecule has 1 aromatic heterocycles. The number of Topliss-reactive ketones (excluding diaryl/α,β-unsaturated/α-hetero) is 1. The number of hydrogen-bond acceptors (Lipinski definition) is 7. The SMILES string of the molecule is C/C(=C\c1csc(C)n1)[C@@H]1C/C=C(C(F)(F)F)\C=C/CC[C@H](C)[C@H](O)[C@@H](C)C(=O)C(C)(C)[C@@H](O)CC(=O)O1. The average molecular weight is 558 g/mol. The summed E-state index contributed by atoms with van der Waals surface area (Å²) in [5.74, 6) is -2.49. The minimum absolute atomic E-state index is 0.249. The van der Waals surface area contributed by atoms with Crippen LogP contribution in [0.4, 0.5) is 13.2 Å². The first kappa shape index (κ1) is 31.9. The van der Waals surface area contributed by atoms with Crippen molar-refractivity contribution in [3.05, 3.63) is 45.5 Å². The molecule has 1 aromatic rings. The predicted octanol–water partition coefficient (Wildman–Crippen LogP) is 5.97. The molecule has 0 fully saturated rings. The molecule has 2 rings (SSSR count). The molecule has 2 heterocycles. The zero-order valence-corrected chi connectivity index (χ0v) is 23.5. The van der Waals surface area contributed by atoms with Crippen LogP contribution in [-0.2, 0) is 14.3 Å². The fraction of sp³-hybridized carbons (Fsp3) is 0.607. The molecule has 0 radical (unpaired) electrons. The number of carbonyl (C=O) groups is 2. The number of allylic oxidation sites excluding steroid dienone is 3. The van der Waals surface area contributed by atoms with Gasteiger partial charge in [-0.1, -0.05) is 45.9 Å². The van der Waals surface area contributed by atoms with Crippen LogP contribution in [0.3, 0.4) is 0 Å². The van der Waals surface area contributed by atoms with Crippen LogP contribution in [0.15, 0.2) is 34.8 Å². The number of aromatic nitrogens is 1. The van der Waals surface area contributed by atoms with Crippen LogP contribution in [0.2, 0.25) is 0 Å². The highest BCUT2D eigenvalue weighted by molar-refractivity contribution is 7.09. The maximum atomic E-state index is 13.8. The number of halogens is 3. The summed E-state index contributed by atoms with van der Waals surface area (Å²) in [7, 11) is 0. The third-order valence-corrected chi connectivity index (χ3v) is 7.89. The fourth-order valence-corrected chi connectivity index (χ4v) is 4.94. The van der Waals surface area contributed by atoms with Crippen molar-refractivity contribution in [1.82, 2.24) is 4.98 Å². The number of ketones is 1. The van der Waals surface area contributed by atoms with Crippen LogP contribution < -0.4 is 0 Å². The number of hydrogen-bond donors (Lipinski definition) is 2. The summed E-state index contributed by atoms with van der Waals surface area (Å²) in [5.41, 5.74) is -1.16. The lowest BCUT2D eigenvalue weighted by Gasteiger charge is -2.34. The Morgan fingerprint density at radius 1 is 1.24 bits per heavy atom. The molecule has 0 spiro atoms. The zero-order chi connectivity index (χ0) is 28.8. The minimum atomic E-state index is -4.62. The van der Waals surface area contributed by atoms with E-state index in [2.05, 4.69) is 4.98 Å². The number of esters is 1. The molecule has 10 heteroatoms. The molecule has 0 bridgehead atoms. The van der Waals surface area contributed by atoms with E-state index in [1.54, 1.807) is 32.2 Å². The number of aliphatic hydroxyl groups is 2. The summed E-state index contributed by atoms with van der Waals surface area (Å²) in [5, 5.41) is 24.1. The van der Waals surface area contributed by atoms with Crippen LogP contribution >= 0.6 is 11.3 Å². The van der Waals surface area contributed by atoms with Gasteiger partial charge in [-0.15, -0.1) is 11.3 Å². The molecule has 0 saturated heterocycles. The Morgan fingerprint density at radius 2 is 1.89 bits per heavy atom. The van der Waals surface area contributed by atoms with Crippen molar-refractivity contribution < 1.29 is 37.7 Å². The summed E-state index contributed by atoms with van der Waals surface area (Å²) >= 11 is 1.41. The number of aryl methyl sites for hydroxylation is 1. The van der Waals surface area contributed by atoms with Crippen molar-refractivity contribution in [3.8, 4) is 0 Å². The average Bonchev–Trinajstić information content (AvgIpc) is 3.23. The first-order chi connectivity index (χ1) is 17.5. The van der Waals surface area contributed by atoms with Gasteiger partial charge in [-0.3, -0.25) is 9.59 Å². The Kier molecular flexibility index (Phi) is 11.1. The Bertz CT molecular complexity index is 1070. The quantitative estimate of drug-likeness (QED) is 0.435. The molecule has 212 valence electrons. The molecule has 6 nitrogen and oxygen atoms in total. The minimum Gasteiger partial charge on any atom is -0.457 e. The highest BCUT2D eigenvalue weighted by atomic mass is 32.1. The van der Waals surface area contributed by atoms with Gasteiger partial charge in [0.05, 0.1) is 40.3 Å². The van der Waals surface area contributed by atoms with Gasteiger partial charge in [0, 0.05) is 17.7 Å². The second-order valence-corrected chi connectivity index (χ2v) is 11.7. The lowest BCUT2D eigenvalue weighted by atomic mass is 9.73. The van der Waals surface area contributed by atoms with E-state index in [4.69, 9.17) is 4.74 Å². The van der Waals surface area contributed by atoms with E-state index in [-0.39, 0.29) is 18.8 Å². The van der Waals surface area contributed by atoms with E-state index >= 15 is 0 Å². The summed E-state index contributed by atoms with van der Waals surface area (Å²) < 4.78 is 46.8. The van der Waals surface area contributed by atoms with Gasteiger partial charge in [0.2, 0.25) is 0 Å². The van der Waals surface area contributed by atoms with Gasteiger partial charge in [-0.05, 0) is 44.3 Å². The molecule has 1 aliphatic heterocycles. The molecule has 0 unspecified atom stereocenters. The fourth-order valence-electron chi connectivity index (χ4n) is 4.37. The molecule has 2 N–H and O–H groups in total. The Balaban J connectivity index is 2.48. The van der Waals surface area contributed by atoms with Gasteiger partial charge in [0.25, 0.3) is 0 Å². The highest BCUT2D eigenvalue weighted by Gasteiger charge is 2.42. The van der Waals surface area contributed by atoms with Crippen LogP contribution in [-0.4, -0.2) is 51.4 Å². The van der Waals surface area contributed by atoms with Crippen molar-refractivity contribution in [2.24, 2.45) is 17.3 Å². The maximum Gasteiger partial charge on any atom is 0.416 e. The van der Waals surface area contributed by atoms with Crippen LogP contribution in [0.25, 0.3) is 6.08 Å². The number of rotatable bonds is 2. The van der Waals surface area contributed by atoms with E-state index in [9.17, 15) is 33.0 Å². The Labute approximate surface area is 226 Å². The number of nitrogens with zero attached hydrogens (tertiary/aromatic N) is 1. The maximum absolute atomic E-state index is 13.8. The van der Waals surface area contributed by atoms with E-state index < -0.39 is 59.6 Å². The van der Waals surface area contributed by atoms with Crippen molar-refractivity contribution in [2.75, 3.05) is 0 Å². The topological polar surface area (TPSA) is 96.7 Å². The van der Waals surface area contributed by atoms with Gasteiger partial charge >= 0.3 is 12.1 Å². The molecular formula is C28H38F3NO5S. The largest absolute Gasteiger partial charge is 0.457 e. The van der Waals surface area contributed by atoms with Crippen molar-refractivity contribution in [1.29, 1.82) is 0 Å². The monoisotopic (exact) mass is 557 g/mol. The number of ether oxygens (including phenoxy) is 1. The highest BCUT2D eigenvalue weighted by Crippen LogP contribution is 2.33. The summed E-state index contributed by atoms with van der Waals surface area (Å²) in [4.78, 5) is 30.4. The number of carbonyl (C=O) groups excluding carboxylic acids is 2. The standard InChI is InChI=1S/C28H38F3NO5S/c1-16-9-7-8-10-20(28(29,30)31)11-12-22(17(2)13-21-15-38-19(4)32-21)37-24(34)14-23(33)27(5,6)26(36)18(3)25(16)35/h8,10-11,13,15-16,18,22-23,25,33,35H,7,9,12,14H2,1-6H3/b10-8-,17-13+,20-11+/t16-,18+,22-,23-,25-/m0/s1. The van der Waals surface area contributed by atoms with Crippen LogP contribution in [0.1, 0.15) is 71.0 Å². The Morgan fingerprint density at radius 3 is 2.47 bits per heavy atom. The number of cyclic esters (lactones) is 1. The zero-order valence-electron chi connectivity index (χ0n) is 22.7. The van der Waals surface area contributed by atoms with Crippen LogP contribution in [0.5, 0.6) is 0 Å². The molecule has 0 aromatic carbocycles. The number of aliphatic hydroxyl groups excluding tert-OH is 2. The number of alkyl halides is 3. The van der Waals surface area contributed by atoms with Gasteiger partial charge in [-0.25, -0.2) is 4.98 Å².